The molecular formula is C15H19NO5S. The van der Waals surface area contributed by atoms with Gasteiger partial charge in [0.2, 0.25) is 5.91 Å². The van der Waals surface area contributed by atoms with Gasteiger partial charge in [-0.3, -0.25) is 9.59 Å². The number of carboxylic acid groups (broad SMARTS) is 1. The first kappa shape index (κ1) is 16.5. The van der Waals surface area contributed by atoms with Crippen LogP contribution in [0.25, 0.3) is 0 Å². The highest BCUT2D eigenvalue weighted by Gasteiger charge is 2.37. The molecule has 0 spiro atoms. The van der Waals surface area contributed by atoms with Gasteiger partial charge in [-0.05, 0) is 17.5 Å². The molecule has 0 saturated heterocycles. The number of para-hydroxylation sites is 1. The molecule has 1 aliphatic heterocycles. The molecule has 1 aliphatic rings. The van der Waals surface area contributed by atoms with E-state index in [0.717, 1.165) is 0 Å². The molecule has 1 heterocycles. The minimum Gasteiger partial charge on any atom is -0.481 e. The van der Waals surface area contributed by atoms with E-state index in [1.165, 1.54) is 4.90 Å². The maximum Gasteiger partial charge on any atom is 0.312 e. The summed E-state index contributed by atoms with van der Waals surface area (Å²) in [6.45, 7) is 3.52. The lowest BCUT2D eigenvalue weighted by atomic mass is 10.0. The number of anilines is 1. The van der Waals surface area contributed by atoms with Crippen molar-refractivity contribution in [2.45, 2.75) is 19.8 Å². The average molecular weight is 325 g/mol. The van der Waals surface area contributed by atoms with Crippen LogP contribution in [0.15, 0.2) is 24.3 Å². The molecule has 0 aromatic heterocycles. The lowest BCUT2D eigenvalue weighted by molar-refractivity contribution is -0.138. The summed E-state index contributed by atoms with van der Waals surface area (Å²) in [5.41, 5.74) is 1.03. The van der Waals surface area contributed by atoms with Crippen molar-refractivity contribution < 1.29 is 23.1 Å². The predicted molar refractivity (Wildman–Crippen MR) is 82.7 cm³/mol. The van der Waals surface area contributed by atoms with Gasteiger partial charge in [0.15, 0.2) is 9.84 Å². The van der Waals surface area contributed by atoms with Crippen molar-refractivity contribution in [2.75, 3.05) is 23.0 Å². The van der Waals surface area contributed by atoms with E-state index >= 15 is 0 Å². The highest BCUT2D eigenvalue weighted by Crippen LogP contribution is 2.36. The Morgan fingerprint density at radius 3 is 2.55 bits per heavy atom. The van der Waals surface area contributed by atoms with Gasteiger partial charge in [0.1, 0.15) is 11.7 Å². The largest absolute Gasteiger partial charge is 0.481 e. The average Bonchev–Trinajstić information content (AvgIpc) is 2.76. The number of carbonyl (C=O) groups excluding carboxylic acids is 1. The molecule has 22 heavy (non-hydrogen) atoms. The summed E-state index contributed by atoms with van der Waals surface area (Å²) < 4.78 is 23.9. The van der Waals surface area contributed by atoms with Crippen molar-refractivity contribution in [3.63, 3.8) is 0 Å². The van der Waals surface area contributed by atoms with E-state index in [1.807, 2.05) is 0 Å². The summed E-state index contributed by atoms with van der Waals surface area (Å²) in [4.78, 5) is 24.9. The number of hydrogen-bond donors (Lipinski definition) is 1. The lowest BCUT2D eigenvalue weighted by Gasteiger charge is -2.18. The van der Waals surface area contributed by atoms with Crippen molar-refractivity contribution in [2.24, 2.45) is 5.92 Å². The van der Waals surface area contributed by atoms with Crippen molar-refractivity contribution in [3.8, 4) is 0 Å². The fourth-order valence-corrected chi connectivity index (χ4v) is 4.35. The normalized spacial score (nSPS) is 17.6. The van der Waals surface area contributed by atoms with Crippen molar-refractivity contribution >= 4 is 27.4 Å². The number of sulfone groups is 1. The number of carbonyl (C=O) groups is 2. The van der Waals surface area contributed by atoms with Crippen LogP contribution in [0.4, 0.5) is 5.69 Å². The fourth-order valence-electron chi connectivity index (χ4n) is 2.69. The second kappa shape index (κ2) is 6.08. The van der Waals surface area contributed by atoms with Gasteiger partial charge in [-0.1, -0.05) is 32.0 Å². The molecule has 1 aromatic carbocycles. The van der Waals surface area contributed by atoms with Gasteiger partial charge in [0, 0.05) is 12.2 Å². The zero-order valence-electron chi connectivity index (χ0n) is 12.5. The standard InChI is InChI=1S/C15H19NO5S/c1-10(2)8-22(20,21)9-14(17)16-7-12(15(18)19)11-5-3-4-6-13(11)16/h3-6,10,12H,7-9H2,1-2H3,(H,18,19). The van der Waals surface area contributed by atoms with E-state index in [-0.39, 0.29) is 18.2 Å². The first-order chi connectivity index (χ1) is 10.2. The van der Waals surface area contributed by atoms with Gasteiger partial charge < -0.3 is 10.0 Å². The van der Waals surface area contributed by atoms with Crippen LogP contribution in [0.5, 0.6) is 0 Å². The molecule has 7 heteroatoms. The molecule has 1 aromatic rings. The summed E-state index contributed by atoms with van der Waals surface area (Å²) in [7, 11) is -3.50. The summed E-state index contributed by atoms with van der Waals surface area (Å²) >= 11 is 0. The molecule has 1 amide bonds. The predicted octanol–water partition coefficient (Wildman–Crippen LogP) is 1.27. The van der Waals surface area contributed by atoms with E-state index in [0.29, 0.717) is 11.3 Å². The summed E-state index contributed by atoms with van der Waals surface area (Å²) in [5.74, 6) is -3.12. The fraction of sp³-hybridized carbons (Fsp3) is 0.467. The third kappa shape index (κ3) is 3.47. The first-order valence-electron chi connectivity index (χ1n) is 7.04. The molecule has 0 bridgehead atoms. The number of amides is 1. The van der Waals surface area contributed by atoms with Gasteiger partial charge in [0.25, 0.3) is 0 Å². The molecule has 0 fully saturated rings. The van der Waals surface area contributed by atoms with Crippen LogP contribution < -0.4 is 4.90 Å². The number of rotatable bonds is 5. The Hall–Kier alpha value is -1.89. The maximum atomic E-state index is 12.3. The third-order valence-electron chi connectivity index (χ3n) is 3.50. The number of nitrogens with zero attached hydrogens (tertiary/aromatic N) is 1. The number of fused-ring (bicyclic) bond motifs is 1. The molecule has 0 radical (unpaired) electrons. The summed E-state index contributed by atoms with van der Waals surface area (Å²) in [6, 6.07) is 6.71. The molecular weight excluding hydrogens is 306 g/mol. The van der Waals surface area contributed by atoms with Crippen LogP contribution in [0.1, 0.15) is 25.3 Å². The molecule has 120 valence electrons. The van der Waals surface area contributed by atoms with Crippen molar-refractivity contribution in [3.05, 3.63) is 29.8 Å². The highest BCUT2D eigenvalue weighted by molar-refractivity contribution is 7.92. The molecule has 0 aliphatic carbocycles. The van der Waals surface area contributed by atoms with Crippen molar-refractivity contribution in [1.29, 1.82) is 0 Å². The first-order valence-corrected chi connectivity index (χ1v) is 8.86. The third-order valence-corrected chi connectivity index (χ3v) is 5.36. The van der Waals surface area contributed by atoms with Gasteiger partial charge in [0.05, 0.1) is 5.75 Å². The summed E-state index contributed by atoms with van der Waals surface area (Å²) in [6.07, 6.45) is 0. The Balaban J connectivity index is 2.24. The van der Waals surface area contributed by atoms with Gasteiger partial charge >= 0.3 is 5.97 Å². The lowest BCUT2D eigenvalue weighted by Crippen LogP contribution is -2.36. The van der Waals surface area contributed by atoms with E-state index in [9.17, 15) is 23.1 Å². The SMILES string of the molecule is CC(C)CS(=O)(=O)CC(=O)N1CC(C(=O)O)c2ccccc21. The van der Waals surface area contributed by atoms with Crippen LogP contribution in [0, 0.1) is 5.92 Å². The number of hydrogen-bond acceptors (Lipinski definition) is 4. The Labute approximate surface area is 129 Å². The smallest absolute Gasteiger partial charge is 0.312 e. The molecule has 1 unspecified atom stereocenters. The van der Waals surface area contributed by atoms with E-state index in [2.05, 4.69) is 0 Å². The number of benzene rings is 1. The summed E-state index contributed by atoms with van der Waals surface area (Å²) in [5, 5.41) is 9.25. The van der Waals surface area contributed by atoms with Gasteiger partial charge in [-0.15, -0.1) is 0 Å². The monoisotopic (exact) mass is 325 g/mol. The molecule has 2 rings (SSSR count). The van der Waals surface area contributed by atoms with E-state index < -0.39 is 33.4 Å². The zero-order valence-corrected chi connectivity index (χ0v) is 13.3. The van der Waals surface area contributed by atoms with Crippen LogP contribution in [-0.4, -0.2) is 43.5 Å². The Kier molecular flexibility index (Phi) is 4.55. The minimum absolute atomic E-state index is 0.0231. The molecule has 1 N–H and O–H groups in total. The topological polar surface area (TPSA) is 91.8 Å². The zero-order chi connectivity index (χ0) is 16.5. The number of aliphatic carboxylic acids is 1. The van der Waals surface area contributed by atoms with E-state index in [1.54, 1.807) is 38.1 Å². The molecule has 6 nitrogen and oxygen atoms in total. The Morgan fingerprint density at radius 1 is 1.32 bits per heavy atom. The molecule has 1 atom stereocenters. The van der Waals surface area contributed by atoms with Crippen LogP contribution >= 0.6 is 0 Å². The highest BCUT2D eigenvalue weighted by atomic mass is 32.2. The van der Waals surface area contributed by atoms with Crippen LogP contribution in [0.2, 0.25) is 0 Å². The Bertz CT molecular complexity index is 696. The number of carboxylic acids is 1. The quantitative estimate of drug-likeness (QED) is 0.880. The van der Waals surface area contributed by atoms with Crippen molar-refractivity contribution in [1.82, 2.24) is 0 Å². The maximum absolute atomic E-state index is 12.3. The second-order valence-corrected chi connectivity index (χ2v) is 8.01. The van der Waals surface area contributed by atoms with Gasteiger partial charge in [-0.2, -0.15) is 0 Å². The van der Waals surface area contributed by atoms with Crippen LogP contribution in [0.3, 0.4) is 0 Å². The second-order valence-electron chi connectivity index (χ2n) is 5.90. The molecule has 0 saturated carbocycles. The van der Waals surface area contributed by atoms with Crippen LogP contribution in [-0.2, 0) is 19.4 Å². The minimum atomic E-state index is -3.50. The Morgan fingerprint density at radius 2 is 1.95 bits per heavy atom. The van der Waals surface area contributed by atoms with E-state index in [4.69, 9.17) is 0 Å². The van der Waals surface area contributed by atoms with Gasteiger partial charge in [-0.25, -0.2) is 8.42 Å².